The molecule has 0 aromatic carbocycles. The number of aryl methyl sites for hydroxylation is 2. The number of aromatic nitrogens is 4. The van der Waals surface area contributed by atoms with Gasteiger partial charge in [-0.15, -0.1) is 21.5 Å². The first kappa shape index (κ1) is 14.2. The van der Waals surface area contributed by atoms with Crippen LogP contribution in [0.1, 0.15) is 22.1 Å². The smallest absolute Gasteiger partial charge is 0.234 e. The average molecular weight is 321 g/mol. The van der Waals surface area contributed by atoms with Crippen molar-refractivity contribution in [2.45, 2.75) is 26.2 Å². The highest BCUT2D eigenvalue weighted by molar-refractivity contribution is 7.16. The van der Waals surface area contributed by atoms with E-state index in [1.807, 2.05) is 18.4 Å². The summed E-state index contributed by atoms with van der Waals surface area (Å²) < 4.78 is 1.72. The van der Waals surface area contributed by atoms with Gasteiger partial charge < -0.3 is 5.32 Å². The first-order valence-corrected chi connectivity index (χ1v) is 8.39. The predicted molar refractivity (Wildman–Crippen MR) is 82.7 cm³/mol. The van der Waals surface area contributed by atoms with Gasteiger partial charge >= 0.3 is 0 Å². The summed E-state index contributed by atoms with van der Waals surface area (Å²) in [6.45, 7) is 2.55. The molecular formula is C13H15N5OS2. The van der Waals surface area contributed by atoms with Crippen molar-refractivity contribution in [1.82, 2.24) is 25.1 Å². The molecule has 0 aliphatic heterocycles. The Hall–Kier alpha value is -1.80. The van der Waals surface area contributed by atoms with Gasteiger partial charge in [-0.1, -0.05) is 17.4 Å². The SMILES string of the molecule is Cc1nnc2sc(CCC(=O)NCCc3cccs3)nn12. The summed E-state index contributed by atoms with van der Waals surface area (Å²) in [5.41, 5.74) is 0. The molecule has 0 atom stereocenters. The molecule has 0 bridgehead atoms. The van der Waals surface area contributed by atoms with Gasteiger partial charge in [-0.25, -0.2) is 0 Å². The van der Waals surface area contributed by atoms with Crippen LogP contribution in [0.2, 0.25) is 0 Å². The van der Waals surface area contributed by atoms with Crippen LogP contribution in [0.5, 0.6) is 0 Å². The van der Waals surface area contributed by atoms with Gasteiger partial charge in [0.15, 0.2) is 5.82 Å². The largest absolute Gasteiger partial charge is 0.356 e. The van der Waals surface area contributed by atoms with Crippen molar-refractivity contribution in [3.05, 3.63) is 33.2 Å². The summed E-state index contributed by atoms with van der Waals surface area (Å²) in [7, 11) is 0. The van der Waals surface area contributed by atoms with Gasteiger partial charge in [-0.05, 0) is 24.8 Å². The number of hydrogen-bond donors (Lipinski definition) is 1. The maximum absolute atomic E-state index is 11.8. The summed E-state index contributed by atoms with van der Waals surface area (Å²) in [4.78, 5) is 13.9. The van der Waals surface area contributed by atoms with Crippen molar-refractivity contribution >= 4 is 33.5 Å². The molecule has 0 aliphatic carbocycles. The van der Waals surface area contributed by atoms with E-state index in [0.29, 0.717) is 19.4 Å². The minimum Gasteiger partial charge on any atom is -0.356 e. The summed E-state index contributed by atoms with van der Waals surface area (Å²) in [6, 6.07) is 4.11. The molecule has 0 saturated heterocycles. The van der Waals surface area contributed by atoms with Gasteiger partial charge in [-0.3, -0.25) is 4.79 Å². The zero-order chi connectivity index (χ0) is 14.7. The molecule has 3 heterocycles. The number of nitrogens with one attached hydrogen (secondary N) is 1. The van der Waals surface area contributed by atoms with Crippen LogP contribution in [0.3, 0.4) is 0 Å². The topological polar surface area (TPSA) is 72.2 Å². The average Bonchev–Trinajstić information content (AvgIpc) is 3.16. The van der Waals surface area contributed by atoms with Gasteiger partial charge in [0.1, 0.15) is 5.01 Å². The Balaban J connectivity index is 1.44. The highest BCUT2D eigenvalue weighted by atomic mass is 32.1. The number of nitrogens with zero attached hydrogens (tertiary/aromatic N) is 4. The van der Waals surface area contributed by atoms with E-state index in [2.05, 4.69) is 26.7 Å². The van der Waals surface area contributed by atoms with E-state index < -0.39 is 0 Å². The first-order valence-electron chi connectivity index (χ1n) is 6.69. The Morgan fingerprint density at radius 2 is 2.29 bits per heavy atom. The van der Waals surface area contributed by atoms with Gasteiger partial charge in [0.05, 0.1) is 0 Å². The van der Waals surface area contributed by atoms with Gasteiger partial charge in [-0.2, -0.15) is 9.61 Å². The second kappa shape index (κ2) is 6.31. The lowest BCUT2D eigenvalue weighted by molar-refractivity contribution is -0.121. The molecule has 1 N–H and O–H groups in total. The maximum atomic E-state index is 11.8. The van der Waals surface area contributed by atoms with E-state index >= 15 is 0 Å². The molecule has 1 amide bonds. The fourth-order valence-electron chi connectivity index (χ4n) is 1.94. The minimum atomic E-state index is 0.0641. The van der Waals surface area contributed by atoms with Crippen LogP contribution in [-0.4, -0.2) is 32.3 Å². The Labute approximate surface area is 129 Å². The number of carbonyl (C=O) groups is 1. The van der Waals surface area contributed by atoms with E-state index in [1.165, 1.54) is 16.2 Å². The standard InChI is InChI=1S/C13H15N5OS2/c1-9-15-16-13-18(9)17-12(21-13)5-4-11(19)14-7-6-10-3-2-8-20-10/h2-3,8H,4-7H2,1H3,(H,14,19). The molecule has 8 heteroatoms. The fourth-order valence-corrected chi connectivity index (χ4v) is 3.53. The second-order valence-corrected chi connectivity index (χ2v) is 6.69. The van der Waals surface area contributed by atoms with Crippen LogP contribution in [0.4, 0.5) is 0 Å². The number of hydrogen-bond acceptors (Lipinski definition) is 6. The molecule has 0 aliphatic rings. The Kier molecular flexibility index (Phi) is 4.26. The minimum absolute atomic E-state index is 0.0641. The molecular weight excluding hydrogens is 306 g/mol. The van der Waals surface area contributed by atoms with E-state index in [0.717, 1.165) is 22.2 Å². The van der Waals surface area contributed by atoms with Gasteiger partial charge in [0.25, 0.3) is 0 Å². The number of carbonyl (C=O) groups excluding carboxylic acids is 1. The maximum Gasteiger partial charge on any atom is 0.234 e. The first-order chi connectivity index (χ1) is 10.2. The summed E-state index contributed by atoms with van der Waals surface area (Å²) in [5, 5.41) is 18.3. The van der Waals surface area contributed by atoms with Crippen molar-refractivity contribution in [2.75, 3.05) is 6.54 Å². The molecule has 0 spiro atoms. The third-order valence-corrected chi connectivity index (χ3v) is 4.92. The monoisotopic (exact) mass is 321 g/mol. The Bertz CT molecular complexity index is 731. The Morgan fingerprint density at radius 1 is 1.38 bits per heavy atom. The summed E-state index contributed by atoms with van der Waals surface area (Å²) in [5.74, 6) is 0.835. The van der Waals surface area contributed by atoms with Crippen molar-refractivity contribution in [1.29, 1.82) is 0 Å². The van der Waals surface area contributed by atoms with E-state index in [4.69, 9.17) is 0 Å². The summed E-state index contributed by atoms with van der Waals surface area (Å²) >= 11 is 3.20. The van der Waals surface area contributed by atoms with Crippen molar-refractivity contribution < 1.29 is 4.79 Å². The van der Waals surface area contributed by atoms with E-state index in [-0.39, 0.29) is 5.91 Å². The van der Waals surface area contributed by atoms with Gasteiger partial charge in [0.2, 0.25) is 10.9 Å². The lowest BCUT2D eigenvalue weighted by Crippen LogP contribution is -2.25. The highest BCUT2D eigenvalue weighted by Crippen LogP contribution is 2.15. The molecule has 3 rings (SSSR count). The normalized spacial score (nSPS) is 11.1. The highest BCUT2D eigenvalue weighted by Gasteiger charge is 2.10. The molecule has 0 saturated carbocycles. The molecule has 6 nitrogen and oxygen atoms in total. The molecule has 21 heavy (non-hydrogen) atoms. The molecule has 110 valence electrons. The van der Waals surface area contributed by atoms with E-state index in [1.54, 1.807) is 15.9 Å². The summed E-state index contributed by atoms with van der Waals surface area (Å²) in [6.07, 6.45) is 1.98. The molecule has 3 aromatic heterocycles. The zero-order valence-electron chi connectivity index (χ0n) is 11.6. The molecule has 0 fully saturated rings. The zero-order valence-corrected chi connectivity index (χ0v) is 13.2. The van der Waals surface area contributed by atoms with E-state index in [9.17, 15) is 4.79 Å². The van der Waals surface area contributed by atoms with Crippen LogP contribution in [0.25, 0.3) is 4.96 Å². The molecule has 3 aromatic rings. The predicted octanol–water partition coefficient (Wildman–Crippen LogP) is 1.85. The lowest BCUT2D eigenvalue weighted by atomic mass is 10.3. The number of thiophene rings is 1. The number of fused-ring (bicyclic) bond motifs is 1. The second-order valence-electron chi connectivity index (χ2n) is 4.62. The van der Waals surface area contributed by atoms with Crippen LogP contribution in [-0.2, 0) is 17.6 Å². The third-order valence-electron chi connectivity index (χ3n) is 3.03. The van der Waals surface area contributed by atoms with Crippen molar-refractivity contribution in [3.8, 4) is 0 Å². The van der Waals surface area contributed by atoms with Crippen LogP contribution >= 0.6 is 22.7 Å². The molecule has 0 unspecified atom stereocenters. The van der Waals surface area contributed by atoms with Crippen molar-refractivity contribution in [3.63, 3.8) is 0 Å². The lowest BCUT2D eigenvalue weighted by Gasteiger charge is -2.02. The van der Waals surface area contributed by atoms with Crippen molar-refractivity contribution in [2.24, 2.45) is 0 Å². The van der Waals surface area contributed by atoms with Crippen LogP contribution in [0, 0.1) is 6.92 Å². The third kappa shape index (κ3) is 3.45. The van der Waals surface area contributed by atoms with Crippen LogP contribution < -0.4 is 5.32 Å². The van der Waals surface area contributed by atoms with Gasteiger partial charge in [0, 0.05) is 24.3 Å². The van der Waals surface area contributed by atoms with Crippen LogP contribution in [0.15, 0.2) is 17.5 Å². The Morgan fingerprint density at radius 3 is 3.05 bits per heavy atom. The number of rotatable bonds is 6. The quantitative estimate of drug-likeness (QED) is 0.752. The fraction of sp³-hybridized carbons (Fsp3) is 0.385. The number of amides is 1. The molecule has 0 radical (unpaired) electrons.